The molecule has 0 radical (unpaired) electrons. The van der Waals surface area contributed by atoms with E-state index in [0.717, 1.165) is 61.8 Å². The number of hydrogen-bond acceptors (Lipinski definition) is 2. The van der Waals surface area contributed by atoms with Crippen LogP contribution in [0.3, 0.4) is 0 Å². The third kappa shape index (κ3) is 1.60. The first kappa shape index (κ1) is 13.1. The Morgan fingerprint density at radius 2 is 1.80 bits per heavy atom. The summed E-state index contributed by atoms with van der Waals surface area (Å²) in [6, 6.07) is 18.6. The predicted molar refractivity (Wildman–Crippen MR) is 102 cm³/mol. The van der Waals surface area contributed by atoms with Crippen LogP contribution in [0.25, 0.3) is 44.3 Å². The van der Waals surface area contributed by atoms with E-state index in [2.05, 4.69) is 48.5 Å². The number of benzene rings is 3. The lowest BCUT2D eigenvalue weighted by molar-refractivity contribution is 0.983. The van der Waals surface area contributed by atoms with Crippen molar-refractivity contribution in [1.29, 1.82) is 0 Å². The van der Waals surface area contributed by atoms with E-state index in [1.54, 1.807) is 0 Å². The number of aromatic nitrogens is 2. The molecule has 1 aliphatic rings. The number of rotatable bonds is 0. The molecule has 0 unspecified atom stereocenters. The van der Waals surface area contributed by atoms with Crippen molar-refractivity contribution in [3.05, 3.63) is 75.7 Å². The molecular formula is C22H14N2O. The summed E-state index contributed by atoms with van der Waals surface area (Å²) in [5, 5.41) is 5.60. The van der Waals surface area contributed by atoms with Gasteiger partial charge in [0.1, 0.15) is 5.65 Å². The smallest absolute Gasteiger partial charge is 0.260 e. The standard InChI is InChI=1S/C22H14N2O/c25-22-17-10-4-8-13-7-3-9-16(20(13)17)21-23-18-11-14-5-1-2-6-15(14)12-19(18)24(21)22/h1-3,5-9,11-12H,4,10H2. The first-order chi connectivity index (χ1) is 12.3. The maximum atomic E-state index is 13.3. The lowest BCUT2D eigenvalue weighted by atomic mass is 9.96. The van der Waals surface area contributed by atoms with Gasteiger partial charge in [-0.1, -0.05) is 48.5 Å². The summed E-state index contributed by atoms with van der Waals surface area (Å²) in [4.78, 5) is 18.1. The molecule has 5 aromatic rings. The maximum absolute atomic E-state index is 13.3. The van der Waals surface area contributed by atoms with Gasteiger partial charge in [-0.25, -0.2) is 4.98 Å². The molecule has 3 heteroatoms. The molecule has 118 valence electrons. The molecule has 0 saturated carbocycles. The molecule has 6 rings (SSSR count). The highest BCUT2D eigenvalue weighted by atomic mass is 16.1. The van der Waals surface area contributed by atoms with Gasteiger partial charge in [0.25, 0.3) is 5.56 Å². The SMILES string of the molecule is O=c1c2c3c(cccc3c3nc4cc5ccccc5cc4n13)=CCC2. The van der Waals surface area contributed by atoms with Crippen molar-refractivity contribution in [3.8, 4) is 0 Å². The van der Waals surface area contributed by atoms with E-state index < -0.39 is 0 Å². The number of aryl methyl sites for hydroxylation is 1. The molecule has 1 aliphatic carbocycles. The van der Waals surface area contributed by atoms with Crippen LogP contribution in [-0.4, -0.2) is 9.38 Å². The topological polar surface area (TPSA) is 34.4 Å². The molecule has 0 N–H and O–H groups in total. The number of pyridine rings is 1. The van der Waals surface area contributed by atoms with Gasteiger partial charge in [-0.2, -0.15) is 0 Å². The molecule has 0 saturated heterocycles. The van der Waals surface area contributed by atoms with Crippen LogP contribution in [0, 0.1) is 0 Å². The average Bonchev–Trinajstić information content (AvgIpc) is 3.02. The zero-order valence-electron chi connectivity index (χ0n) is 13.5. The lowest BCUT2D eigenvalue weighted by Gasteiger charge is -2.12. The zero-order valence-corrected chi connectivity index (χ0v) is 13.5. The molecule has 3 nitrogen and oxygen atoms in total. The van der Waals surface area contributed by atoms with Crippen molar-refractivity contribution in [2.75, 3.05) is 0 Å². The van der Waals surface area contributed by atoms with Crippen LogP contribution >= 0.6 is 0 Å². The third-order valence-corrected chi connectivity index (χ3v) is 5.38. The highest BCUT2D eigenvalue weighted by Crippen LogP contribution is 2.27. The largest absolute Gasteiger partial charge is 0.269 e. The molecule has 0 atom stereocenters. The Balaban J connectivity index is 1.95. The van der Waals surface area contributed by atoms with Gasteiger partial charge in [0, 0.05) is 16.3 Å². The fourth-order valence-electron chi connectivity index (χ4n) is 4.26. The molecule has 0 aliphatic heterocycles. The minimum Gasteiger partial charge on any atom is -0.269 e. The molecule has 2 heterocycles. The second-order valence-corrected chi connectivity index (χ2v) is 6.76. The van der Waals surface area contributed by atoms with E-state index in [9.17, 15) is 4.79 Å². The first-order valence-electron chi connectivity index (χ1n) is 8.60. The Morgan fingerprint density at radius 3 is 2.68 bits per heavy atom. The summed E-state index contributed by atoms with van der Waals surface area (Å²) in [5.74, 6) is 0. The lowest BCUT2D eigenvalue weighted by Crippen LogP contribution is -2.23. The minimum absolute atomic E-state index is 0.0841. The van der Waals surface area contributed by atoms with Crippen LogP contribution in [0.5, 0.6) is 0 Å². The molecule has 0 spiro atoms. The van der Waals surface area contributed by atoms with Crippen LogP contribution in [0.2, 0.25) is 0 Å². The van der Waals surface area contributed by atoms with E-state index >= 15 is 0 Å². The van der Waals surface area contributed by atoms with Gasteiger partial charge in [-0.3, -0.25) is 9.20 Å². The van der Waals surface area contributed by atoms with Crippen LogP contribution in [0.15, 0.2) is 59.4 Å². The minimum atomic E-state index is 0.0841. The van der Waals surface area contributed by atoms with Crippen molar-refractivity contribution in [2.45, 2.75) is 12.8 Å². The highest BCUT2D eigenvalue weighted by Gasteiger charge is 2.18. The van der Waals surface area contributed by atoms with Crippen molar-refractivity contribution < 1.29 is 0 Å². The van der Waals surface area contributed by atoms with E-state index in [1.165, 1.54) is 0 Å². The Labute approximate surface area is 142 Å². The van der Waals surface area contributed by atoms with Crippen molar-refractivity contribution in [2.24, 2.45) is 0 Å². The number of imidazole rings is 1. The molecule has 3 aromatic carbocycles. The Morgan fingerprint density at radius 1 is 0.960 bits per heavy atom. The molecule has 25 heavy (non-hydrogen) atoms. The predicted octanol–water partition coefficient (Wildman–Crippen LogP) is 3.60. The van der Waals surface area contributed by atoms with Crippen LogP contribution in [-0.2, 0) is 6.42 Å². The number of hydrogen-bond donors (Lipinski definition) is 0. The van der Waals surface area contributed by atoms with Crippen LogP contribution in [0.1, 0.15) is 12.0 Å². The highest BCUT2D eigenvalue weighted by molar-refractivity contribution is 6.03. The molecule has 0 bridgehead atoms. The summed E-state index contributed by atoms with van der Waals surface area (Å²) in [6.45, 7) is 0. The van der Waals surface area contributed by atoms with Crippen LogP contribution in [0.4, 0.5) is 0 Å². The fraction of sp³-hybridized carbons (Fsp3) is 0.0909. The maximum Gasteiger partial charge on any atom is 0.260 e. The monoisotopic (exact) mass is 322 g/mol. The van der Waals surface area contributed by atoms with Gasteiger partial charge in [-0.15, -0.1) is 0 Å². The van der Waals surface area contributed by atoms with Crippen molar-refractivity contribution >= 4 is 44.3 Å². The number of nitrogens with zero attached hydrogens (tertiary/aromatic N) is 2. The van der Waals surface area contributed by atoms with E-state index in [1.807, 2.05) is 16.5 Å². The van der Waals surface area contributed by atoms with E-state index in [0.29, 0.717) is 0 Å². The number of fused-ring (bicyclic) bond motifs is 5. The van der Waals surface area contributed by atoms with Gasteiger partial charge in [0.05, 0.1) is 11.0 Å². The Bertz CT molecular complexity index is 1460. The molecule has 0 amide bonds. The van der Waals surface area contributed by atoms with Gasteiger partial charge in [0.15, 0.2) is 0 Å². The fourth-order valence-corrected chi connectivity index (χ4v) is 4.26. The van der Waals surface area contributed by atoms with Gasteiger partial charge in [-0.05, 0) is 41.0 Å². The molecular weight excluding hydrogens is 308 g/mol. The first-order valence-corrected chi connectivity index (χ1v) is 8.60. The zero-order chi connectivity index (χ0) is 16.5. The van der Waals surface area contributed by atoms with E-state index in [-0.39, 0.29) is 5.56 Å². The summed E-state index contributed by atoms with van der Waals surface area (Å²) in [7, 11) is 0. The summed E-state index contributed by atoms with van der Waals surface area (Å²) in [5.41, 5.74) is 3.56. The van der Waals surface area contributed by atoms with Crippen molar-refractivity contribution in [3.63, 3.8) is 0 Å². The Kier molecular flexibility index (Phi) is 2.34. The van der Waals surface area contributed by atoms with Gasteiger partial charge < -0.3 is 0 Å². The average molecular weight is 322 g/mol. The summed E-state index contributed by atoms with van der Waals surface area (Å²) < 4.78 is 1.81. The second kappa shape index (κ2) is 4.45. The van der Waals surface area contributed by atoms with Gasteiger partial charge >= 0.3 is 0 Å². The molecule has 0 fully saturated rings. The summed E-state index contributed by atoms with van der Waals surface area (Å²) in [6.07, 6.45) is 3.94. The van der Waals surface area contributed by atoms with Crippen LogP contribution < -0.4 is 10.8 Å². The third-order valence-electron chi connectivity index (χ3n) is 5.38. The normalized spacial score (nSPS) is 13.8. The Hall–Kier alpha value is -3.20. The van der Waals surface area contributed by atoms with Gasteiger partial charge in [0.2, 0.25) is 0 Å². The summed E-state index contributed by atoms with van der Waals surface area (Å²) >= 11 is 0. The second-order valence-electron chi connectivity index (χ2n) is 6.76. The molecule has 2 aromatic heterocycles. The van der Waals surface area contributed by atoms with Crippen molar-refractivity contribution in [1.82, 2.24) is 9.38 Å². The van der Waals surface area contributed by atoms with E-state index in [4.69, 9.17) is 4.98 Å². The quantitative estimate of drug-likeness (QED) is 0.436.